The van der Waals surface area contributed by atoms with Crippen LogP contribution in [0.1, 0.15) is 46.5 Å². The normalized spacial score (nSPS) is 41.7. The van der Waals surface area contributed by atoms with Crippen LogP contribution in [0, 0.1) is 16.7 Å². The predicted molar refractivity (Wildman–Crippen MR) is 74.7 cm³/mol. The molecule has 2 aliphatic carbocycles. The van der Waals surface area contributed by atoms with Crippen molar-refractivity contribution in [2.24, 2.45) is 16.7 Å². The molecule has 0 amide bonds. The second kappa shape index (κ2) is 4.05. The van der Waals surface area contributed by atoms with E-state index >= 15 is 0 Å². The number of ketones is 1. The summed E-state index contributed by atoms with van der Waals surface area (Å²) in [5.74, 6) is 0.274. The lowest BCUT2D eigenvalue weighted by molar-refractivity contribution is -0.134. The third-order valence-corrected chi connectivity index (χ3v) is 7.60. The maximum absolute atomic E-state index is 12.6. The molecular weight excluding hydrogens is 278 g/mol. The van der Waals surface area contributed by atoms with Gasteiger partial charge in [0.15, 0.2) is 5.37 Å². The SMILES string of the molecule is CC1CCN1C([C@@]12CC[C@@H](CC1=O)C2(C)C)S(=O)(=O)O. The minimum absolute atomic E-state index is 0.0282. The first kappa shape index (κ1) is 14.5. The summed E-state index contributed by atoms with van der Waals surface area (Å²) in [6.45, 7) is 6.59. The van der Waals surface area contributed by atoms with Crippen LogP contribution in [0.15, 0.2) is 0 Å². The molecule has 1 heterocycles. The molecule has 2 unspecified atom stereocenters. The predicted octanol–water partition coefficient (Wildman–Crippen LogP) is 1.69. The van der Waals surface area contributed by atoms with E-state index in [0.29, 0.717) is 19.4 Å². The summed E-state index contributed by atoms with van der Waals surface area (Å²) in [4.78, 5) is 14.4. The van der Waals surface area contributed by atoms with Crippen molar-refractivity contribution < 1.29 is 17.8 Å². The van der Waals surface area contributed by atoms with Crippen molar-refractivity contribution >= 4 is 15.9 Å². The maximum Gasteiger partial charge on any atom is 0.282 e. The Morgan fingerprint density at radius 2 is 2.00 bits per heavy atom. The smallest absolute Gasteiger partial charge is 0.282 e. The van der Waals surface area contributed by atoms with Crippen LogP contribution >= 0.6 is 0 Å². The molecule has 0 aromatic heterocycles. The monoisotopic (exact) mass is 301 g/mol. The first-order valence-electron chi connectivity index (χ1n) is 7.37. The van der Waals surface area contributed by atoms with E-state index in [1.54, 1.807) is 0 Å². The van der Waals surface area contributed by atoms with E-state index < -0.39 is 20.9 Å². The third-order valence-electron chi connectivity index (χ3n) is 6.36. The first-order valence-corrected chi connectivity index (χ1v) is 8.88. The largest absolute Gasteiger partial charge is 0.299 e. The van der Waals surface area contributed by atoms with E-state index in [0.717, 1.165) is 12.8 Å². The van der Waals surface area contributed by atoms with Gasteiger partial charge in [-0.2, -0.15) is 8.42 Å². The zero-order valence-electron chi connectivity index (χ0n) is 12.3. The molecule has 0 aromatic rings. The molecule has 1 saturated heterocycles. The van der Waals surface area contributed by atoms with Crippen LogP contribution in [0.3, 0.4) is 0 Å². The van der Waals surface area contributed by atoms with Crippen LogP contribution in [0.25, 0.3) is 0 Å². The average molecular weight is 301 g/mol. The highest BCUT2D eigenvalue weighted by atomic mass is 32.2. The number of nitrogens with zero attached hydrogens (tertiary/aromatic N) is 1. The van der Waals surface area contributed by atoms with E-state index in [1.807, 2.05) is 25.7 Å². The summed E-state index contributed by atoms with van der Waals surface area (Å²) in [5.41, 5.74) is -1.29. The summed E-state index contributed by atoms with van der Waals surface area (Å²) < 4.78 is 34.0. The van der Waals surface area contributed by atoms with E-state index in [9.17, 15) is 17.8 Å². The number of hydrogen-bond donors (Lipinski definition) is 1. The number of likely N-dealkylation sites (tertiary alicyclic amines) is 1. The van der Waals surface area contributed by atoms with Crippen molar-refractivity contribution in [1.82, 2.24) is 4.90 Å². The Kier molecular flexibility index (Phi) is 2.93. The quantitative estimate of drug-likeness (QED) is 0.803. The maximum atomic E-state index is 12.6. The molecule has 6 heteroatoms. The van der Waals surface area contributed by atoms with Gasteiger partial charge < -0.3 is 0 Å². The molecule has 1 N–H and O–H groups in total. The van der Waals surface area contributed by atoms with Gasteiger partial charge in [0, 0.05) is 19.0 Å². The lowest BCUT2D eigenvalue weighted by Gasteiger charge is -2.51. The molecule has 1 aliphatic heterocycles. The van der Waals surface area contributed by atoms with Gasteiger partial charge in [-0.25, -0.2) is 0 Å². The Labute approximate surface area is 120 Å². The van der Waals surface area contributed by atoms with Crippen LogP contribution < -0.4 is 0 Å². The third kappa shape index (κ3) is 1.56. The zero-order valence-corrected chi connectivity index (χ0v) is 13.1. The molecular formula is C14H23NO4S. The van der Waals surface area contributed by atoms with Gasteiger partial charge in [-0.1, -0.05) is 13.8 Å². The second-order valence-corrected chi connectivity index (χ2v) is 8.78. The van der Waals surface area contributed by atoms with Crippen molar-refractivity contribution in [2.75, 3.05) is 6.54 Å². The fourth-order valence-electron chi connectivity index (χ4n) is 4.88. The fraction of sp³-hybridized carbons (Fsp3) is 0.929. The van der Waals surface area contributed by atoms with Gasteiger partial charge in [0.1, 0.15) is 5.78 Å². The average Bonchev–Trinajstić information content (AvgIpc) is 2.66. The van der Waals surface area contributed by atoms with Gasteiger partial charge in [0.25, 0.3) is 10.1 Å². The lowest BCUT2D eigenvalue weighted by Crippen LogP contribution is -2.64. The topological polar surface area (TPSA) is 74.7 Å². The molecule has 2 saturated carbocycles. The van der Waals surface area contributed by atoms with E-state index in [1.165, 1.54) is 0 Å². The highest BCUT2D eigenvalue weighted by molar-refractivity contribution is 7.86. The minimum atomic E-state index is -4.28. The van der Waals surface area contributed by atoms with Gasteiger partial charge >= 0.3 is 0 Å². The molecule has 0 aromatic carbocycles. The zero-order chi connectivity index (χ0) is 14.9. The molecule has 114 valence electrons. The molecule has 20 heavy (non-hydrogen) atoms. The van der Waals surface area contributed by atoms with Crippen LogP contribution in [-0.4, -0.2) is 41.6 Å². The number of hydrogen-bond acceptors (Lipinski definition) is 4. The van der Waals surface area contributed by atoms with Crippen molar-refractivity contribution in [3.05, 3.63) is 0 Å². The standard InChI is InChI=1S/C14H23NO4S/c1-9-5-7-15(9)12(20(17,18)19)14-6-4-10(8-11(14)16)13(14,2)3/h9-10,12H,4-8H2,1-3H3,(H,17,18,19)/t9?,10-,12?,14+/m0/s1. The molecule has 3 aliphatic rings. The molecule has 3 fully saturated rings. The summed E-state index contributed by atoms with van der Waals surface area (Å²) in [6, 6.07) is 0.111. The first-order chi connectivity index (χ1) is 9.12. The summed E-state index contributed by atoms with van der Waals surface area (Å²) in [6.07, 6.45) is 2.84. The van der Waals surface area contributed by atoms with Crippen molar-refractivity contribution in [3.8, 4) is 0 Å². The van der Waals surface area contributed by atoms with Crippen LogP contribution in [0.5, 0.6) is 0 Å². The van der Waals surface area contributed by atoms with Crippen LogP contribution in [-0.2, 0) is 14.9 Å². The van der Waals surface area contributed by atoms with Gasteiger partial charge in [0.05, 0.1) is 5.41 Å². The number of rotatable bonds is 3. The van der Waals surface area contributed by atoms with Gasteiger partial charge in [0.2, 0.25) is 0 Å². The fourth-order valence-corrected chi connectivity index (χ4v) is 6.60. The number of carbonyl (C=O) groups excluding carboxylic acids is 1. The highest BCUT2D eigenvalue weighted by Gasteiger charge is 2.71. The summed E-state index contributed by atoms with van der Waals surface area (Å²) in [7, 11) is -4.28. The second-order valence-electron chi connectivity index (χ2n) is 7.30. The Balaban J connectivity index is 2.13. The molecule has 0 spiro atoms. The number of carbonyl (C=O) groups is 1. The Morgan fingerprint density at radius 1 is 1.35 bits per heavy atom. The number of fused-ring (bicyclic) bond motifs is 2. The van der Waals surface area contributed by atoms with Crippen LogP contribution in [0.4, 0.5) is 0 Å². The Bertz CT molecular complexity index is 556. The molecule has 3 rings (SSSR count). The van der Waals surface area contributed by atoms with E-state index in [4.69, 9.17) is 0 Å². The summed E-state index contributed by atoms with van der Waals surface area (Å²) in [5, 5.41) is -1.06. The van der Waals surface area contributed by atoms with Crippen LogP contribution in [0.2, 0.25) is 0 Å². The molecule has 5 nitrogen and oxygen atoms in total. The van der Waals surface area contributed by atoms with E-state index in [-0.39, 0.29) is 23.2 Å². The Hall–Kier alpha value is -0.460. The highest BCUT2D eigenvalue weighted by Crippen LogP contribution is 2.67. The van der Waals surface area contributed by atoms with Gasteiger partial charge in [-0.05, 0) is 37.5 Å². The molecule has 0 radical (unpaired) electrons. The van der Waals surface area contributed by atoms with Crippen molar-refractivity contribution in [3.63, 3.8) is 0 Å². The van der Waals surface area contributed by atoms with Gasteiger partial charge in [-0.15, -0.1) is 0 Å². The van der Waals surface area contributed by atoms with E-state index in [2.05, 4.69) is 0 Å². The summed E-state index contributed by atoms with van der Waals surface area (Å²) >= 11 is 0. The lowest BCUT2D eigenvalue weighted by atomic mass is 9.67. The van der Waals surface area contributed by atoms with Gasteiger partial charge in [-0.3, -0.25) is 14.2 Å². The molecule has 4 atom stereocenters. The molecule has 2 bridgehead atoms. The van der Waals surface area contributed by atoms with Crippen molar-refractivity contribution in [1.29, 1.82) is 0 Å². The number of Topliss-reactive ketones (excluding diaryl/α,β-unsaturated/α-hetero) is 1. The minimum Gasteiger partial charge on any atom is -0.299 e. The van der Waals surface area contributed by atoms with Crippen molar-refractivity contribution in [2.45, 2.75) is 57.9 Å². The Morgan fingerprint density at radius 3 is 2.30 bits per heavy atom.